The number of hydrogen-bond donors (Lipinski definition) is 2. The van der Waals surface area contributed by atoms with Crippen LogP contribution in [0.5, 0.6) is 5.75 Å². The molecule has 0 aromatic heterocycles. The van der Waals surface area contributed by atoms with E-state index in [1.165, 1.54) is 0 Å². The molecule has 1 aromatic carbocycles. The van der Waals surface area contributed by atoms with Crippen molar-refractivity contribution < 1.29 is 14.6 Å². The van der Waals surface area contributed by atoms with Gasteiger partial charge in [0.2, 0.25) is 0 Å². The molecule has 1 aromatic rings. The Morgan fingerprint density at radius 1 is 1.40 bits per heavy atom. The second-order valence-electron chi connectivity index (χ2n) is 5.30. The SMILES string of the molecule is COc1ccc(C(=O)O)cc1NC1CCCN(C)CC1. The zero-order valence-electron chi connectivity index (χ0n) is 12.1. The van der Waals surface area contributed by atoms with Gasteiger partial charge in [0.05, 0.1) is 18.4 Å². The molecule has 0 radical (unpaired) electrons. The van der Waals surface area contributed by atoms with Gasteiger partial charge in [0, 0.05) is 6.04 Å². The van der Waals surface area contributed by atoms with Gasteiger partial charge in [0.15, 0.2) is 0 Å². The standard InChI is InChI=1S/C15H22N2O3/c1-17-8-3-4-12(7-9-17)16-13-10-11(15(18)19)5-6-14(13)20-2/h5-6,10,12,16H,3-4,7-9H2,1-2H3,(H,18,19). The minimum Gasteiger partial charge on any atom is -0.495 e. The van der Waals surface area contributed by atoms with E-state index in [2.05, 4.69) is 17.3 Å². The Kier molecular flexibility index (Phi) is 4.84. The Bertz CT molecular complexity index is 476. The van der Waals surface area contributed by atoms with Crippen molar-refractivity contribution in [3.63, 3.8) is 0 Å². The van der Waals surface area contributed by atoms with Gasteiger partial charge in [-0.1, -0.05) is 0 Å². The smallest absolute Gasteiger partial charge is 0.335 e. The third-order valence-electron chi connectivity index (χ3n) is 3.76. The number of anilines is 1. The van der Waals surface area contributed by atoms with Crippen molar-refractivity contribution in [3.05, 3.63) is 23.8 Å². The molecular weight excluding hydrogens is 256 g/mol. The highest BCUT2D eigenvalue weighted by Crippen LogP contribution is 2.28. The van der Waals surface area contributed by atoms with Crippen LogP contribution in [-0.2, 0) is 0 Å². The van der Waals surface area contributed by atoms with Crippen molar-refractivity contribution >= 4 is 11.7 Å². The molecular formula is C15H22N2O3. The molecule has 1 unspecified atom stereocenters. The maximum atomic E-state index is 11.1. The lowest BCUT2D eigenvalue weighted by molar-refractivity contribution is 0.0697. The van der Waals surface area contributed by atoms with Gasteiger partial charge in [-0.2, -0.15) is 0 Å². The minimum atomic E-state index is -0.920. The van der Waals surface area contributed by atoms with Gasteiger partial charge in [0.1, 0.15) is 5.75 Å². The van der Waals surface area contributed by atoms with Gasteiger partial charge in [0.25, 0.3) is 0 Å². The number of likely N-dealkylation sites (tertiary alicyclic amines) is 1. The number of aromatic carboxylic acids is 1. The van der Waals surface area contributed by atoms with E-state index in [1.807, 2.05) is 0 Å². The zero-order valence-corrected chi connectivity index (χ0v) is 12.1. The maximum Gasteiger partial charge on any atom is 0.335 e. The fraction of sp³-hybridized carbons (Fsp3) is 0.533. The molecule has 110 valence electrons. The van der Waals surface area contributed by atoms with Gasteiger partial charge in [-0.3, -0.25) is 0 Å². The Hall–Kier alpha value is -1.75. The Balaban J connectivity index is 2.14. The van der Waals surface area contributed by atoms with E-state index in [-0.39, 0.29) is 5.56 Å². The van der Waals surface area contributed by atoms with E-state index >= 15 is 0 Å². The van der Waals surface area contributed by atoms with E-state index in [4.69, 9.17) is 9.84 Å². The van der Waals surface area contributed by atoms with Crippen LogP contribution in [0.3, 0.4) is 0 Å². The van der Waals surface area contributed by atoms with E-state index in [0.717, 1.165) is 38.0 Å². The summed E-state index contributed by atoms with van der Waals surface area (Å²) in [6, 6.07) is 5.27. The molecule has 2 N–H and O–H groups in total. The maximum absolute atomic E-state index is 11.1. The third-order valence-corrected chi connectivity index (χ3v) is 3.76. The fourth-order valence-corrected chi connectivity index (χ4v) is 2.56. The molecule has 1 heterocycles. The highest BCUT2D eigenvalue weighted by Gasteiger charge is 2.17. The summed E-state index contributed by atoms with van der Waals surface area (Å²) in [6.45, 7) is 2.17. The Labute approximate surface area is 119 Å². The number of methoxy groups -OCH3 is 1. The molecule has 0 spiro atoms. The highest BCUT2D eigenvalue weighted by atomic mass is 16.5. The van der Waals surface area contributed by atoms with Crippen LogP contribution in [0.4, 0.5) is 5.69 Å². The molecule has 1 atom stereocenters. The molecule has 5 heteroatoms. The van der Waals surface area contributed by atoms with Crippen molar-refractivity contribution in [1.82, 2.24) is 4.90 Å². The minimum absolute atomic E-state index is 0.277. The first-order valence-electron chi connectivity index (χ1n) is 6.96. The number of benzene rings is 1. The van der Waals surface area contributed by atoms with E-state index in [1.54, 1.807) is 25.3 Å². The van der Waals surface area contributed by atoms with Gasteiger partial charge in [-0.25, -0.2) is 4.79 Å². The van der Waals surface area contributed by atoms with Crippen molar-refractivity contribution in [1.29, 1.82) is 0 Å². The van der Waals surface area contributed by atoms with Crippen molar-refractivity contribution in [3.8, 4) is 5.75 Å². The topological polar surface area (TPSA) is 61.8 Å². The van der Waals surface area contributed by atoms with Crippen molar-refractivity contribution in [2.75, 3.05) is 32.6 Å². The molecule has 5 nitrogen and oxygen atoms in total. The second kappa shape index (κ2) is 6.61. The second-order valence-corrected chi connectivity index (χ2v) is 5.30. The summed E-state index contributed by atoms with van der Waals surface area (Å²) >= 11 is 0. The van der Waals surface area contributed by atoms with Crippen LogP contribution in [-0.4, -0.2) is 49.3 Å². The van der Waals surface area contributed by atoms with Gasteiger partial charge in [-0.15, -0.1) is 0 Å². The molecule has 0 bridgehead atoms. The lowest BCUT2D eigenvalue weighted by atomic mass is 10.1. The van der Waals surface area contributed by atoms with Gasteiger partial charge >= 0.3 is 5.97 Å². The molecule has 2 rings (SSSR count). The van der Waals surface area contributed by atoms with Gasteiger partial charge in [-0.05, 0) is 57.6 Å². The van der Waals surface area contributed by atoms with Crippen LogP contribution < -0.4 is 10.1 Å². The summed E-state index contributed by atoms with van der Waals surface area (Å²) in [5.74, 6) is -0.232. The first-order chi connectivity index (χ1) is 9.60. The van der Waals surface area contributed by atoms with Crippen LogP contribution in [0.25, 0.3) is 0 Å². The summed E-state index contributed by atoms with van der Waals surface area (Å²) in [7, 11) is 3.73. The number of carbonyl (C=O) groups is 1. The predicted octanol–water partition coefficient (Wildman–Crippen LogP) is 2.29. The quantitative estimate of drug-likeness (QED) is 0.885. The lowest BCUT2D eigenvalue weighted by Gasteiger charge is -2.20. The average molecular weight is 278 g/mol. The number of carboxylic acids is 1. The summed E-state index contributed by atoms with van der Waals surface area (Å²) in [6.07, 6.45) is 3.29. The third kappa shape index (κ3) is 3.63. The highest BCUT2D eigenvalue weighted by molar-refractivity contribution is 5.89. The number of nitrogens with zero attached hydrogens (tertiary/aromatic N) is 1. The average Bonchev–Trinajstić information content (AvgIpc) is 2.63. The molecule has 0 amide bonds. The van der Waals surface area contributed by atoms with E-state index in [9.17, 15) is 4.79 Å². The largest absolute Gasteiger partial charge is 0.495 e. The number of nitrogens with one attached hydrogen (secondary N) is 1. The first kappa shape index (κ1) is 14.7. The monoisotopic (exact) mass is 278 g/mol. The molecule has 1 saturated heterocycles. The van der Waals surface area contributed by atoms with Crippen LogP contribution in [0, 0.1) is 0 Å². The normalized spacial score (nSPS) is 20.2. The summed E-state index contributed by atoms with van der Waals surface area (Å²) in [5, 5.41) is 12.5. The summed E-state index contributed by atoms with van der Waals surface area (Å²) in [4.78, 5) is 13.4. The zero-order chi connectivity index (χ0) is 14.5. The van der Waals surface area contributed by atoms with Crippen LogP contribution in [0.2, 0.25) is 0 Å². The number of ether oxygens (including phenoxy) is 1. The van der Waals surface area contributed by atoms with Gasteiger partial charge < -0.3 is 20.1 Å². The first-order valence-corrected chi connectivity index (χ1v) is 6.96. The van der Waals surface area contributed by atoms with Crippen LogP contribution in [0.1, 0.15) is 29.6 Å². The molecule has 0 saturated carbocycles. The summed E-state index contributed by atoms with van der Waals surface area (Å²) in [5.41, 5.74) is 1.04. The molecule has 0 aliphatic carbocycles. The Morgan fingerprint density at radius 3 is 2.90 bits per heavy atom. The van der Waals surface area contributed by atoms with Crippen LogP contribution in [0.15, 0.2) is 18.2 Å². The van der Waals surface area contributed by atoms with Crippen molar-refractivity contribution in [2.45, 2.75) is 25.3 Å². The molecule has 20 heavy (non-hydrogen) atoms. The summed E-state index contributed by atoms with van der Waals surface area (Å²) < 4.78 is 5.31. The van der Waals surface area contributed by atoms with E-state index in [0.29, 0.717) is 11.8 Å². The lowest BCUT2D eigenvalue weighted by Crippen LogP contribution is -2.23. The van der Waals surface area contributed by atoms with Crippen LogP contribution >= 0.6 is 0 Å². The Morgan fingerprint density at radius 2 is 2.20 bits per heavy atom. The van der Waals surface area contributed by atoms with E-state index < -0.39 is 5.97 Å². The number of rotatable bonds is 4. The predicted molar refractivity (Wildman–Crippen MR) is 78.7 cm³/mol. The van der Waals surface area contributed by atoms with Crippen molar-refractivity contribution in [2.24, 2.45) is 0 Å². The molecule has 1 aliphatic heterocycles. The number of hydrogen-bond acceptors (Lipinski definition) is 4. The molecule has 1 aliphatic rings. The fourth-order valence-electron chi connectivity index (χ4n) is 2.56. The molecule has 1 fully saturated rings. The number of carboxylic acid groups (broad SMARTS) is 1.